The molecule has 4 rings (SSSR count). The molecule has 2 saturated heterocycles. The maximum absolute atomic E-state index is 12.5. The third kappa shape index (κ3) is 3.78. The smallest absolute Gasteiger partial charge is 0.323 e. The number of rotatable bonds is 4. The molecular weight excluding hydrogens is 342 g/mol. The van der Waals surface area contributed by atoms with Crippen molar-refractivity contribution in [1.82, 2.24) is 15.1 Å². The Morgan fingerprint density at radius 3 is 2.63 bits per heavy atom. The van der Waals surface area contributed by atoms with Gasteiger partial charge in [0.1, 0.15) is 6.04 Å². The van der Waals surface area contributed by atoms with Gasteiger partial charge in [-0.05, 0) is 56.9 Å². The molecular formula is C21H37N3O3. The minimum absolute atomic E-state index is 0.0597. The Kier molecular flexibility index (Phi) is 6.07. The summed E-state index contributed by atoms with van der Waals surface area (Å²) < 4.78 is 11.0. The Morgan fingerprint density at radius 2 is 1.89 bits per heavy atom. The molecule has 4 aliphatic rings. The average molecular weight is 380 g/mol. The highest BCUT2D eigenvalue weighted by Gasteiger charge is 2.46. The second kappa shape index (κ2) is 8.36. The second-order valence-electron chi connectivity index (χ2n) is 9.25. The maximum atomic E-state index is 12.5. The largest absolute Gasteiger partial charge is 0.468 e. The molecule has 4 fully saturated rings. The molecule has 0 aromatic carbocycles. The van der Waals surface area contributed by atoms with E-state index in [2.05, 4.69) is 22.2 Å². The zero-order chi connectivity index (χ0) is 19.0. The van der Waals surface area contributed by atoms with Crippen molar-refractivity contribution in [1.29, 1.82) is 0 Å². The van der Waals surface area contributed by atoms with Gasteiger partial charge in [0.2, 0.25) is 0 Å². The Balaban J connectivity index is 1.49. The summed E-state index contributed by atoms with van der Waals surface area (Å²) in [4.78, 5) is 17.4. The van der Waals surface area contributed by atoms with E-state index in [0.29, 0.717) is 30.0 Å². The lowest BCUT2D eigenvalue weighted by molar-refractivity contribution is -0.150. The molecule has 2 aliphatic heterocycles. The first-order chi connectivity index (χ1) is 13.1. The first-order valence-corrected chi connectivity index (χ1v) is 10.9. The van der Waals surface area contributed by atoms with E-state index in [0.717, 1.165) is 32.1 Å². The highest BCUT2D eigenvalue weighted by atomic mass is 16.5. The summed E-state index contributed by atoms with van der Waals surface area (Å²) in [5.41, 5.74) is 0. The Bertz CT molecular complexity index is 531. The summed E-state index contributed by atoms with van der Waals surface area (Å²) in [7, 11) is 5.61. The first-order valence-electron chi connectivity index (χ1n) is 10.9. The first kappa shape index (κ1) is 19.6. The number of likely N-dealkylation sites (N-methyl/N-ethyl adjacent to an activating group) is 1. The number of carbonyl (C=O) groups excluding carboxylic acids is 1. The van der Waals surface area contributed by atoms with E-state index in [4.69, 9.17) is 9.47 Å². The minimum Gasteiger partial charge on any atom is -0.468 e. The number of nitrogens with one attached hydrogen (secondary N) is 1. The number of hydrogen-bond donors (Lipinski definition) is 1. The van der Waals surface area contributed by atoms with Crippen LogP contribution in [0.5, 0.6) is 0 Å². The summed E-state index contributed by atoms with van der Waals surface area (Å²) in [5.74, 6) is 2.10. The second-order valence-corrected chi connectivity index (χ2v) is 9.25. The van der Waals surface area contributed by atoms with Gasteiger partial charge in [0.15, 0.2) is 0 Å². The predicted molar refractivity (Wildman–Crippen MR) is 104 cm³/mol. The van der Waals surface area contributed by atoms with Gasteiger partial charge in [-0.2, -0.15) is 0 Å². The molecule has 6 nitrogen and oxygen atoms in total. The van der Waals surface area contributed by atoms with Gasteiger partial charge in [-0.1, -0.05) is 12.8 Å². The molecule has 6 heteroatoms. The minimum atomic E-state index is -0.0996. The van der Waals surface area contributed by atoms with E-state index < -0.39 is 0 Å². The van der Waals surface area contributed by atoms with Gasteiger partial charge in [0.25, 0.3) is 0 Å². The van der Waals surface area contributed by atoms with Crippen LogP contribution in [-0.2, 0) is 14.3 Å². The van der Waals surface area contributed by atoms with Gasteiger partial charge in [-0.15, -0.1) is 0 Å². The molecule has 27 heavy (non-hydrogen) atoms. The Hall–Kier alpha value is -0.690. The third-order valence-electron chi connectivity index (χ3n) is 8.00. The fraction of sp³-hybridized carbons (Fsp3) is 0.952. The predicted octanol–water partition coefficient (Wildman–Crippen LogP) is 1.69. The number of carbonyl (C=O) groups is 1. The summed E-state index contributed by atoms with van der Waals surface area (Å²) in [6.07, 6.45) is 9.06. The summed E-state index contributed by atoms with van der Waals surface area (Å²) >= 11 is 0. The molecule has 2 aliphatic carbocycles. The Labute approximate surface area is 163 Å². The number of esters is 1. The summed E-state index contributed by atoms with van der Waals surface area (Å²) in [6, 6.07) is 0.808. The van der Waals surface area contributed by atoms with Crippen LogP contribution < -0.4 is 5.32 Å². The normalized spacial score (nSPS) is 43.1. The van der Waals surface area contributed by atoms with E-state index in [9.17, 15) is 4.79 Å². The van der Waals surface area contributed by atoms with Crippen molar-refractivity contribution in [3.8, 4) is 0 Å². The van der Waals surface area contributed by atoms with Gasteiger partial charge < -0.3 is 9.47 Å². The topological polar surface area (TPSA) is 54.0 Å². The molecule has 0 aromatic rings. The number of piperidine rings is 1. The monoisotopic (exact) mass is 379 g/mol. The molecule has 7 atom stereocenters. The van der Waals surface area contributed by atoms with Crippen molar-refractivity contribution in [3.63, 3.8) is 0 Å². The van der Waals surface area contributed by atoms with Crippen LogP contribution in [0.3, 0.4) is 0 Å². The standard InChI is InChI=1S/C21H37N3O3/c1-23-13-22-17-10-18(21(25)27-3)24(12-19(17)23)11-14-8-9-20(26-2)16-7-5-4-6-15(14)16/h14-20,22H,4-13H2,1-3H3. The van der Waals surface area contributed by atoms with Gasteiger partial charge in [0, 0.05) is 39.0 Å². The molecule has 0 radical (unpaired) electrons. The van der Waals surface area contributed by atoms with Crippen LogP contribution in [0.1, 0.15) is 44.9 Å². The summed E-state index contributed by atoms with van der Waals surface area (Å²) in [6.45, 7) is 2.92. The third-order valence-corrected chi connectivity index (χ3v) is 8.00. The van der Waals surface area contributed by atoms with E-state index in [1.54, 1.807) is 0 Å². The van der Waals surface area contributed by atoms with Crippen LogP contribution in [0.25, 0.3) is 0 Å². The molecule has 154 valence electrons. The van der Waals surface area contributed by atoms with Crippen LogP contribution in [0.4, 0.5) is 0 Å². The van der Waals surface area contributed by atoms with E-state index >= 15 is 0 Å². The molecule has 1 N–H and O–H groups in total. The lowest BCUT2D eigenvalue weighted by atomic mass is 9.64. The number of fused-ring (bicyclic) bond motifs is 2. The van der Waals surface area contributed by atoms with Crippen LogP contribution in [-0.4, -0.2) is 81.0 Å². The van der Waals surface area contributed by atoms with Crippen LogP contribution in [0.15, 0.2) is 0 Å². The molecule has 0 amide bonds. The van der Waals surface area contributed by atoms with Crippen molar-refractivity contribution < 1.29 is 14.3 Å². The maximum Gasteiger partial charge on any atom is 0.323 e. The number of ether oxygens (including phenoxy) is 2. The SMILES string of the molecule is COC(=O)C1CC2NCN(C)C2CN1CC1CCC(OC)C2CCCCC12. The lowest BCUT2D eigenvalue weighted by Gasteiger charge is -2.49. The molecule has 2 saturated carbocycles. The molecule has 0 spiro atoms. The van der Waals surface area contributed by atoms with Gasteiger partial charge >= 0.3 is 5.97 Å². The number of methoxy groups -OCH3 is 2. The number of nitrogens with zero attached hydrogens (tertiary/aromatic N) is 2. The highest BCUT2D eigenvalue weighted by Crippen LogP contribution is 2.45. The van der Waals surface area contributed by atoms with Crippen LogP contribution in [0, 0.1) is 17.8 Å². The van der Waals surface area contributed by atoms with Crippen molar-refractivity contribution >= 4 is 5.97 Å². The lowest BCUT2D eigenvalue weighted by Crippen LogP contribution is -2.59. The van der Waals surface area contributed by atoms with E-state index in [-0.39, 0.29) is 12.0 Å². The van der Waals surface area contributed by atoms with E-state index in [1.807, 2.05) is 7.11 Å². The van der Waals surface area contributed by atoms with Crippen molar-refractivity contribution in [2.75, 3.05) is 41.0 Å². The van der Waals surface area contributed by atoms with Gasteiger partial charge in [-0.3, -0.25) is 19.9 Å². The number of likely N-dealkylation sites (tertiary alicyclic amines) is 1. The molecule has 2 heterocycles. The van der Waals surface area contributed by atoms with Crippen molar-refractivity contribution in [2.45, 2.75) is 69.2 Å². The van der Waals surface area contributed by atoms with Gasteiger partial charge in [0.05, 0.1) is 13.2 Å². The average Bonchev–Trinajstić information content (AvgIpc) is 3.07. The molecule has 7 unspecified atom stereocenters. The molecule has 0 aromatic heterocycles. The van der Waals surface area contributed by atoms with Gasteiger partial charge in [-0.25, -0.2) is 0 Å². The zero-order valence-corrected chi connectivity index (χ0v) is 17.2. The van der Waals surface area contributed by atoms with Crippen molar-refractivity contribution in [2.24, 2.45) is 17.8 Å². The van der Waals surface area contributed by atoms with Crippen molar-refractivity contribution in [3.05, 3.63) is 0 Å². The zero-order valence-electron chi connectivity index (χ0n) is 17.2. The van der Waals surface area contributed by atoms with Crippen LogP contribution >= 0.6 is 0 Å². The fourth-order valence-electron chi connectivity index (χ4n) is 6.53. The molecule has 0 bridgehead atoms. The highest BCUT2D eigenvalue weighted by molar-refractivity contribution is 5.76. The van der Waals surface area contributed by atoms with E-state index in [1.165, 1.54) is 45.6 Å². The van der Waals surface area contributed by atoms with Crippen LogP contribution in [0.2, 0.25) is 0 Å². The fourth-order valence-corrected chi connectivity index (χ4v) is 6.53. The quantitative estimate of drug-likeness (QED) is 0.751. The summed E-state index contributed by atoms with van der Waals surface area (Å²) in [5, 5.41) is 3.58. The number of hydrogen-bond acceptors (Lipinski definition) is 6. The Morgan fingerprint density at radius 1 is 1.11 bits per heavy atom.